The van der Waals surface area contributed by atoms with Crippen molar-refractivity contribution in [1.29, 1.82) is 0 Å². The van der Waals surface area contributed by atoms with Crippen LogP contribution in [0.4, 0.5) is 0 Å². The highest BCUT2D eigenvalue weighted by Gasteiger charge is 2.52. The van der Waals surface area contributed by atoms with Crippen molar-refractivity contribution >= 4 is 18.7 Å². The maximum Gasteiger partial charge on any atom is 0.261 e. The molecule has 3 aromatic rings. The smallest absolute Gasteiger partial charge is 0.261 e. The Morgan fingerprint density at radius 1 is 0.769 bits per heavy atom. The van der Waals surface area contributed by atoms with Crippen molar-refractivity contribution in [3.63, 3.8) is 0 Å². The Morgan fingerprint density at radius 2 is 1.31 bits per heavy atom. The van der Waals surface area contributed by atoms with Gasteiger partial charge in [-0.05, 0) is 27.4 Å². The van der Waals surface area contributed by atoms with E-state index in [4.69, 9.17) is 18.6 Å². The van der Waals surface area contributed by atoms with Crippen LogP contribution in [0, 0.1) is 5.92 Å². The van der Waals surface area contributed by atoms with Crippen molar-refractivity contribution in [1.82, 2.24) is 0 Å². The molecule has 1 saturated carbocycles. The van der Waals surface area contributed by atoms with E-state index in [2.05, 4.69) is 69.3 Å². The topological polar surface area (TPSA) is 77.4 Å². The first-order valence-electron chi connectivity index (χ1n) is 13.6. The Balaban J connectivity index is 1.59. The van der Waals surface area contributed by atoms with Gasteiger partial charge in [-0.15, -0.1) is 0 Å². The second-order valence-electron chi connectivity index (χ2n) is 11.3. The fourth-order valence-electron chi connectivity index (χ4n) is 5.72. The summed E-state index contributed by atoms with van der Waals surface area (Å²) in [5.74, 6) is -0.347. The third-order valence-electron chi connectivity index (χ3n) is 7.69. The maximum absolute atomic E-state index is 11.3. The first kappa shape index (κ1) is 29.6. The molecule has 5 atom stereocenters. The van der Waals surface area contributed by atoms with Crippen LogP contribution in [0.15, 0.2) is 91.0 Å². The van der Waals surface area contributed by atoms with Gasteiger partial charge in [0, 0.05) is 19.6 Å². The Labute approximate surface area is 233 Å². The van der Waals surface area contributed by atoms with Gasteiger partial charge in [0.1, 0.15) is 19.0 Å². The SMILES string of the molecule is COCO[C@@H]1C[C@H](CO[Si](c2ccccc2)(c2ccccc2)C(C)(C)C)[C@@H](O)[C@@H](O)[C@H]1OCc1ccccc1. The molecule has 0 saturated heterocycles. The van der Waals surface area contributed by atoms with E-state index >= 15 is 0 Å². The first-order chi connectivity index (χ1) is 18.8. The molecule has 1 fully saturated rings. The second-order valence-corrected chi connectivity index (χ2v) is 15.6. The van der Waals surface area contributed by atoms with E-state index < -0.39 is 32.7 Å². The van der Waals surface area contributed by atoms with Crippen LogP contribution >= 0.6 is 0 Å². The molecule has 0 heterocycles. The van der Waals surface area contributed by atoms with E-state index in [-0.39, 0.29) is 24.4 Å². The molecule has 0 radical (unpaired) electrons. The lowest BCUT2D eigenvalue weighted by Gasteiger charge is -2.46. The molecule has 0 unspecified atom stereocenters. The van der Waals surface area contributed by atoms with E-state index in [0.29, 0.717) is 13.0 Å². The summed E-state index contributed by atoms with van der Waals surface area (Å²) in [7, 11) is -1.23. The van der Waals surface area contributed by atoms with Crippen molar-refractivity contribution in [2.75, 3.05) is 20.5 Å². The Morgan fingerprint density at radius 3 is 1.82 bits per heavy atom. The monoisotopic (exact) mass is 550 g/mol. The van der Waals surface area contributed by atoms with Crippen LogP contribution in [0.25, 0.3) is 0 Å². The zero-order chi connectivity index (χ0) is 27.9. The van der Waals surface area contributed by atoms with Crippen molar-refractivity contribution in [2.45, 2.75) is 63.3 Å². The molecule has 1 aliphatic carbocycles. The maximum atomic E-state index is 11.3. The van der Waals surface area contributed by atoms with Crippen molar-refractivity contribution < 1.29 is 28.8 Å². The molecule has 210 valence electrons. The molecule has 0 aromatic heterocycles. The third kappa shape index (κ3) is 6.69. The van der Waals surface area contributed by atoms with Gasteiger partial charge in [0.05, 0.1) is 18.8 Å². The summed E-state index contributed by atoms with van der Waals surface area (Å²) in [6, 6.07) is 30.6. The van der Waals surface area contributed by atoms with Gasteiger partial charge in [-0.2, -0.15) is 0 Å². The molecule has 6 nitrogen and oxygen atoms in total. The number of benzene rings is 3. The van der Waals surface area contributed by atoms with E-state index in [1.165, 1.54) is 10.4 Å². The van der Waals surface area contributed by atoms with Gasteiger partial charge >= 0.3 is 0 Å². The molecule has 39 heavy (non-hydrogen) atoms. The summed E-state index contributed by atoms with van der Waals surface area (Å²) in [5, 5.41) is 24.7. The molecule has 0 amide bonds. The van der Waals surface area contributed by atoms with Crippen LogP contribution < -0.4 is 10.4 Å². The summed E-state index contributed by atoms with van der Waals surface area (Å²) < 4.78 is 24.4. The number of aliphatic hydroxyl groups excluding tert-OH is 2. The van der Waals surface area contributed by atoms with Gasteiger partial charge in [0.2, 0.25) is 0 Å². The lowest BCUT2D eigenvalue weighted by molar-refractivity contribution is -0.216. The summed E-state index contributed by atoms with van der Waals surface area (Å²) in [4.78, 5) is 0. The molecule has 2 N–H and O–H groups in total. The quantitative estimate of drug-likeness (QED) is 0.279. The van der Waals surface area contributed by atoms with Crippen LogP contribution in [0.2, 0.25) is 5.04 Å². The molecule has 7 heteroatoms. The van der Waals surface area contributed by atoms with Crippen LogP contribution in [0.1, 0.15) is 32.8 Å². The van der Waals surface area contributed by atoms with Gasteiger partial charge in [0.25, 0.3) is 8.32 Å². The Bertz CT molecular complexity index is 1080. The van der Waals surface area contributed by atoms with Crippen molar-refractivity contribution in [3.8, 4) is 0 Å². The highest BCUT2D eigenvalue weighted by Crippen LogP contribution is 2.38. The van der Waals surface area contributed by atoms with Gasteiger partial charge in [-0.25, -0.2) is 0 Å². The molecule has 4 rings (SSSR count). The molecule has 3 aromatic carbocycles. The third-order valence-corrected chi connectivity index (χ3v) is 12.7. The van der Waals surface area contributed by atoms with E-state index in [0.717, 1.165) is 5.56 Å². The molecular weight excluding hydrogens is 508 g/mol. The number of methoxy groups -OCH3 is 1. The normalized spacial score (nSPS) is 24.0. The Hall–Kier alpha value is -2.36. The summed E-state index contributed by atoms with van der Waals surface area (Å²) in [6.07, 6.45) is -2.83. The molecule has 0 spiro atoms. The predicted octanol–water partition coefficient (Wildman–Crippen LogP) is 3.88. The number of hydrogen-bond donors (Lipinski definition) is 2. The minimum Gasteiger partial charge on any atom is -0.407 e. The number of hydrogen-bond acceptors (Lipinski definition) is 6. The molecular formula is C32H42O6Si. The van der Waals surface area contributed by atoms with Gasteiger partial charge in [0.15, 0.2) is 0 Å². The zero-order valence-electron chi connectivity index (χ0n) is 23.4. The van der Waals surface area contributed by atoms with Crippen molar-refractivity contribution in [3.05, 3.63) is 96.6 Å². The van der Waals surface area contributed by atoms with Crippen molar-refractivity contribution in [2.24, 2.45) is 5.92 Å². The van der Waals surface area contributed by atoms with Crippen LogP contribution in [-0.4, -0.2) is 63.5 Å². The average molecular weight is 551 g/mol. The van der Waals surface area contributed by atoms with Gasteiger partial charge in [-0.1, -0.05) is 112 Å². The lowest BCUT2D eigenvalue weighted by Crippen LogP contribution is -2.67. The van der Waals surface area contributed by atoms with Crippen LogP contribution in [-0.2, 0) is 25.2 Å². The highest BCUT2D eigenvalue weighted by atomic mass is 28.4. The molecule has 1 aliphatic rings. The van der Waals surface area contributed by atoms with Gasteiger partial charge < -0.3 is 28.8 Å². The fourth-order valence-corrected chi connectivity index (χ4v) is 10.3. The van der Waals surface area contributed by atoms with E-state index in [9.17, 15) is 10.2 Å². The highest BCUT2D eigenvalue weighted by molar-refractivity contribution is 6.99. The van der Waals surface area contributed by atoms with E-state index in [1.54, 1.807) is 7.11 Å². The summed E-state index contributed by atoms with van der Waals surface area (Å²) in [6.45, 7) is 7.34. The largest absolute Gasteiger partial charge is 0.407 e. The first-order valence-corrected chi connectivity index (χ1v) is 15.6. The standard InChI is InChI=1S/C32H42O6Si/c1-32(2,3)39(26-16-10-6-11-17-26,27-18-12-7-13-19-27)38-22-25-20-28(37-23-35-4)31(30(34)29(25)33)36-21-24-14-8-5-9-15-24/h5-19,25,28-31,33-34H,20-23H2,1-4H3/t25-,28-,29-,30-,31+/m1/s1. The van der Waals surface area contributed by atoms with Crippen LogP contribution in [0.5, 0.6) is 0 Å². The molecule has 0 aliphatic heterocycles. The number of aliphatic hydroxyl groups is 2. The molecule has 0 bridgehead atoms. The average Bonchev–Trinajstić information content (AvgIpc) is 2.95. The lowest BCUT2D eigenvalue weighted by atomic mass is 9.81. The zero-order valence-corrected chi connectivity index (χ0v) is 24.4. The summed E-state index contributed by atoms with van der Waals surface area (Å²) in [5.41, 5.74) is 0.988. The van der Waals surface area contributed by atoms with Gasteiger partial charge in [-0.3, -0.25) is 0 Å². The fraction of sp³-hybridized carbons (Fsp3) is 0.438. The predicted molar refractivity (Wildman–Crippen MR) is 155 cm³/mol. The second kappa shape index (κ2) is 13.3. The Kier molecular flexibility index (Phi) is 10.1. The van der Waals surface area contributed by atoms with E-state index in [1.807, 2.05) is 42.5 Å². The number of rotatable bonds is 11. The minimum atomic E-state index is -2.80. The number of ether oxygens (including phenoxy) is 3. The minimum absolute atomic E-state index is 0.0704. The van der Waals surface area contributed by atoms with Crippen LogP contribution in [0.3, 0.4) is 0 Å². The summed E-state index contributed by atoms with van der Waals surface area (Å²) >= 11 is 0.